The Hall–Kier alpha value is -1.49. The van der Waals surface area contributed by atoms with E-state index in [0.29, 0.717) is 27.3 Å². The first kappa shape index (κ1) is 14.9. The molecule has 0 bridgehead atoms. The van der Waals surface area contributed by atoms with E-state index in [1.54, 1.807) is 12.3 Å². The summed E-state index contributed by atoms with van der Waals surface area (Å²) in [6.45, 7) is 0.311. The summed E-state index contributed by atoms with van der Waals surface area (Å²) in [5, 5.41) is 6.22. The quantitative estimate of drug-likeness (QED) is 0.821. The van der Waals surface area contributed by atoms with Crippen LogP contribution in [0.2, 0.25) is 15.1 Å². The fourth-order valence-electron chi connectivity index (χ4n) is 1.46. The molecule has 0 unspecified atom stereocenters. The predicted octanol–water partition coefficient (Wildman–Crippen LogP) is 4.36. The molecule has 104 valence electrons. The van der Waals surface area contributed by atoms with Gasteiger partial charge in [0.25, 0.3) is 0 Å². The zero-order valence-electron chi connectivity index (χ0n) is 10.2. The van der Waals surface area contributed by atoms with Crippen LogP contribution in [0.25, 0.3) is 0 Å². The third-order valence-corrected chi connectivity index (χ3v) is 3.45. The molecule has 2 N–H and O–H groups in total. The van der Waals surface area contributed by atoms with Gasteiger partial charge in [-0.1, -0.05) is 40.9 Å². The molecule has 2 rings (SSSR count). The summed E-state index contributed by atoms with van der Waals surface area (Å²) in [5.41, 5.74) is 1.14. The van der Waals surface area contributed by atoms with Crippen LogP contribution in [-0.2, 0) is 6.54 Å². The molecule has 0 spiro atoms. The van der Waals surface area contributed by atoms with Crippen molar-refractivity contribution >= 4 is 46.5 Å². The number of aromatic nitrogens is 1. The highest BCUT2D eigenvalue weighted by Crippen LogP contribution is 2.32. The molecule has 0 saturated carbocycles. The molecule has 1 aromatic carbocycles. The Kier molecular flexibility index (Phi) is 5.06. The second-order valence-corrected chi connectivity index (χ2v) is 5.10. The number of anilines is 1. The topological polar surface area (TPSA) is 54.0 Å². The van der Waals surface area contributed by atoms with Crippen molar-refractivity contribution < 1.29 is 4.79 Å². The third-order valence-electron chi connectivity index (χ3n) is 2.41. The lowest BCUT2D eigenvalue weighted by atomic mass is 10.3. The molecule has 0 fully saturated rings. The van der Waals surface area contributed by atoms with Crippen LogP contribution in [0.5, 0.6) is 0 Å². The van der Waals surface area contributed by atoms with Crippen molar-refractivity contribution in [3.05, 3.63) is 57.3 Å². The summed E-state index contributed by atoms with van der Waals surface area (Å²) < 4.78 is 0. The summed E-state index contributed by atoms with van der Waals surface area (Å²) >= 11 is 17.6. The molecule has 1 aromatic heterocycles. The maximum atomic E-state index is 11.7. The Morgan fingerprint density at radius 2 is 1.85 bits per heavy atom. The van der Waals surface area contributed by atoms with Gasteiger partial charge in [-0.05, 0) is 24.3 Å². The van der Waals surface area contributed by atoms with Crippen LogP contribution in [0.4, 0.5) is 10.5 Å². The number of halogens is 3. The van der Waals surface area contributed by atoms with Crippen molar-refractivity contribution in [1.82, 2.24) is 10.3 Å². The summed E-state index contributed by atoms with van der Waals surface area (Å²) in [6.07, 6.45) is 1.66. The summed E-state index contributed by atoms with van der Waals surface area (Å²) in [6, 6.07) is 8.02. The highest BCUT2D eigenvalue weighted by Gasteiger charge is 2.09. The van der Waals surface area contributed by atoms with Gasteiger partial charge in [0.1, 0.15) is 0 Å². The van der Waals surface area contributed by atoms with Crippen molar-refractivity contribution in [2.24, 2.45) is 0 Å². The van der Waals surface area contributed by atoms with Gasteiger partial charge >= 0.3 is 6.03 Å². The second kappa shape index (κ2) is 6.79. The molecule has 20 heavy (non-hydrogen) atoms. The number of amides is 2. The maximum Gasteiger partial charge on any atom is 0.319 e. The molecule has 1 heterocycles. The molecular weight excluding hydrogens is 321 g/mol. The molecule has 7 heteroatoms. The first-order valence-corrected chi connectivity index (χ1v) is 6.79. The molecule has 0 aliphatic carbocycles. The van der Waals surface area contributed by atoms with Gasteiger partial charge in [0.05, 0.1) is 33.0 Å². The Labute approximate surface area is 131 Å². The fraction of sp³-hybridized carbons (Fsp3) is 0.0769. The first-order chi connectivity index (χ1) is 9.56. The average Bonchev–Trinajstić information content (AvgIpc) is 2.44. The zero-order valence-corrected chi connectivity index (χ0v) is 12.4. The standard InChI is InChI=1S/C13H10Cl3N3O/c14-9-5-11(16)12(6-10(9)15)19-13(20)18-7-8-3-1-2-4-17-8/h1-6H,7H2,(H2,18,19,20). The Morgan fingerprint density at radius 1 is 1.10 bits per heavy atom. The second-order valence-electron chi connectivity index (χ2n) is 3.87. The monoisotopic (exact) mass is 329 g/mol. The van der Waals surface area contributed by atoms with Crippen molar-refractivity contribution in [3.63, 3.8) is 0 Å². The molecule has 0 aliphatic rings. The Balaban J connectivity index is 1.97. The smallest absolute Gasteiger partial charge is 0.319 e. The molecule has 0 radical (unpaired) electrons. The minimum absolute atomic E-state index is 0.311. The Morgan fingerprint density at radius 3 is 2.55 bits per heavy atom. The normalized spacial score (nSPS) is 10.2. The molecule has 2 amide bonds. The number of benzene rings is 1. The van der Waals surface area contributed by atoms with Crippen LogP contribution in [-0.4, -0.2) is 11.0 Å². The van der Waals surface area contributed by atoms with Crippen molar-refractivity contribution in [2.75, 3.05) is 5.32 Å². The van der Waals surface area contributed by atoms with Crippen molar-refractivity contribution in [2.45, 2.75) is 6.54 Å². The summed E-state index contributed by atoms with van der Waals surface area (Å²) in [5.74, 6) is 0. The lowest BCUT2D eigenvalue weighted by molar-refractivity contribution is 0.251. The number of hydrogen-bond acceptors (Lipinski definition) is 2. The first-order valence-electron chi connectivity index (χ1n) is 5.65. The largest absolute Gasteiger partial charge is 0.332 e. The number of hydrogen-bond donors (Lipinski definition) is 2. The maximum absolute atomic E-state index is 11.7. The van der Waals surface area contributed by atoms with Gasteiger partial charge in [0.2, 0.25) is 0 Å². The molecule has 0 atom stereocenters. The van der Waals surface area contributed by atoms with Crippen molar-refractivity contribution in [1.29, 1.82) is 0 Å². The highest BCUT2D eigenvalue weighted by atomic mass is 35.5. The SMILES string of the molecule is O=C(NCc1ccccn1)Nc1cc(Cl)c(Cl)cc1Cl. The van der Waals surface area contributed by atoms with E-state index >= 15 is 0 Å². The van der Waals surface area contributed by atoms with Crippen LogP contribution < -0.4 is 10.6 Å². The van der Waals surface area contributed by atoms with Gasteiger partial charge in [-0.2, -0.15) is 0 Å². The number of pyridine rings is 1. The van der Waals surface area contributed by atoms with Gasteiger partial charge in [0, 0.05) is 6.20 Å². The zero-order chi connectivity index (χ0) is 14.5. The van der Waals surface area contributed by atoms with E-state index < -0.39 is 6.03 Å². The number of nitrogens with one attached hydrogen (secondary N) is 2. The van der Waals surface area contributed by atoms with Gasteiger partial charge in [-0.15, -0.1) is 0 Å². The predicted molar refractivity (Wildman–Crippen MR) is 81.6 cm³/mol. The van der Waals surface area contributed by atoms with Crippen LogP contribution in [0.15, 0.2) is 36.5 Å². The highest BCUT2D eigenvalue weighted by molar-refractivity contribution is 6.44. The van der Waals surface area contributed by atoms with Crippen LogP contribution in [0, 0.1) is 0 Å². The average molecular weight is 331 g/mol. The van der Waals surface area contributed by atoms with Crippen LogP contribution >= 0.6 is 34.8 Å². The van der Waals surface area contributed by atoms with E-state index in [2.05, 4.69) is 15.6 Å². The van der Waals surface area contributed by atoms with E-state index in [9.17, 15) is 4.79 Å². The lowest BCUT2D eigenvalue weighted by Crippen LogP contribution is -2.28. The Bertz CT molecular complexity index is 620. The van der Waals surface area contributed by atoms with Gasteiger partial charge in [-0.25, -0.2) is 4.79 Å². The van der Waals surface area contributed by atoms with Gasteiger partial charge < -0.3 is 10.6 Å². The van der Waals surface area contributed by atoms with E-state index in [4.69, 9.17) is 34.8 Å². The molecular formula is C13H10Cl3N3O. The summed E-state index contributed by atoms with van der Waals surface area (Å²) in [7, 11) is 0. The fourth-order valence-corrected chi connectivity index (χ4v) is 2.05. The minimum Gasteiger partial charge on any atom is -0.332 e. The van der Waals surface area contributed by atoms with Gasteiger partial charge in [0.15, 0.2) is 0 Å². The third kappa shape index (κ3) is 4.00. The lowest BCUT2D eigenvalue weighted by Gasteiger charge is -2.10. The number of rotatable bonds is 3. The van der Waals surface area contributed by atoms with Gasteiger partial charge in [-0.3, -0.25) is 4.98 Å². The van der Waals surface area contributed by atoms with E-state index in [1.165, 1.54) is 12.1 Å². The number of carbonyl (C=O) groups excluding carboxylic acids is 1. The number of nitrogens with zero attached hydrogens (tertiary/aromatic N) is 1. The van der Waals surface area contributed by atoms with Crippen LogP contribution in [0.1, 0.15) is 5.69 Å². The van der Waals surface area contributed by atoms with Crippen molar-refractivity contribution in [3.8, 4) is 0 Å². The number of carbonyl (C=O) groups is 1. The molecule has 2 aromatic rings. The molecule has 0 aliphatic heterocycles. The molecule has 4 nitrogen and oxygen atoms in total. The van der Waals surface area contributed by atoms with E-state index in [-0.39, 0.29) is 0 Å². The van der Waals surface area contributed by atoms with Crippen LogP contribution in [0.3, 0.4) is 0 Å². The summed E-state index contributed by atoms with van der Waals surface area (Å²) in [4.78, 5) is 15.8. The van der Waals surface area contributed by atoms with E-state index in [0.717, 1.165) is 5.69 Å². The van der Waals surface area contributed by atoms with E-state index in [1.807, 2.05) is 12.1 Å². The molecule has 0 saturated heterocycles. The minimum atomic E-state index is -0.407. The number of urea groups is 1.